The van der Waals surface area contributed by atoms with Gasteiger partial charge < -0.3 is 5.11 Å². The van der Waals surface area contributed by atoms with Crippen molar-refractivity contribution in [3.8, 4) is 0 Å². The van der Waals surface area contributed by atoms with Gasteiger partial charge in [-0.1, -0.05) is 19.1 Å². The molecule has 0 fully saturated rings. The van der Waals surface area contributed by atoms with Crippen LogP contribution in [0, 0.1) is 0 Å². The number of benzene rings is 1. The predicted molar refractivity (Wildman–Crippen MR) is 54.4 cm³/mol. The molecule has 13 heavy (non-hydrogen) atoms. The smallest absolute Gasteiger partial charge is 0.307 e. The summed E-state index contributed by atoms with van der Waals surface area (Å²) >= 11 is 4.23. The summed E-state index contributed by atoms with van der Waals surface area (Å²) in [5, 5.41) is 8.68. The van der Waals surface area contributed by atoms with Crippen molar-refractivity contribution in [2.75, 3.05) is 0 Å². The maximum Gasteiger partial charge on any atom is 0.307 e. The van der Waals surface area contributed by atoms with Crippen molar-refractivity contribution in [1.82, 2.24) is 0 Å². The van der Waals surface area contributed by atoms with E-state index in [-0.39, 0.29) is 6.42 Å². The average Bonchev–Trinajstić information content (AvgIpc) is 2.08. The van der Waals surface area contributed by atoms with Gasteiger partial charge in [0.1, 0.15) is 0 Å². The van der Waals surface area contributed by atoms with Gasteiger partial charge in [-0.25, -0.2) is 0 Å². The summed E-state index contributed by atoms with van der Waals surface area (Å²) in [5.41, 5.74) is 1.90. The molecule has 0 aromatic heterocycles. The maximum absolute atomic E-state index is 10.6. The van der Waals surface area contributed by atoms with E-state index < -0.39 is 5.97 Å². The highest BCUT2D eigenvalue weighted by molar-refractivity contribution is 7.80. The minimum atomic E-state index is -0.809. The second kappa shape index (κ2) is 4.33. The summed E-state index contributed by atoms with van der Waals surface area (Å²) in [6.45, 7) is 2.01. The number of aliphatic carboxylic acids is 1. The Morgan fingerprint density at radius 3 is 2.77 bits per heavy atom. The van der Waals surface area contributed by atoms with Crippen LogP contribution in [0.1, 0.15) is 18.1 Å². The van der Waals surface area contributed by atoms with Gasteiger partial charge in [-0.15, -0.1) is 12.6 Å². The SMILES string of the molecule is CCc1cccc(S)c1CC(=O)O. The van der Waals surface area contributed by atoms with Crippen molar-refractivity contribution in [2.45, 2.75) is 24.7 Å². The molecule has 0 amide bonds. The van der Waals surface area contributed by atoms with Gasteiger partial charge in [0, 0.05) is 4.90 Å². The third kappa shape index (κ3) is 2.49. The summed E-state index contributed by atoms with van der Waals surface area (Å²) in [7, 11) is 0. The summed E-state index contributed by atoms with van der Waals surface area (Å²) in [6.07, 6.45) is 0.903. The zero-order chi connectivity index (χ0) is 9.84. The zero-order valence-corrected chi connectivity index (χ0v) is 8.34. The minimum absolute atomic E-state index is 0.0584. The molecule has 0 unspecified atom stereocenters. The van der Waals surface area contributed by atoms with Gasteiger partial charge in [0.25, 0.3) is 0 Å². The van der Waals surface area contributed by atoms with Crippen molar-refractivity contribution >= 4 is 18.6 Å². The number of carboxylic acids is 1. The molecule has 0 aliphatic carbocycles. The molecule has 0 saturated carbocycles. The van der Waals surface area contributed by atoms with Gasteiger partial charge in [0.05, 0.1) is 6.42 Å². The van der Waals surface area contributed by atoms with Crippen LogP contribution < -0.4 is 0 Å². The molecule has 1 aromatic carbocycles. The minimum Gasteiger partial charge on any atom is -0.481 e. The number of rotatable bonds is 3. The Kier molecular flexibility index (Phi) is 3.37. The van der Waals surface area contributed by atoms with E-state index >= 15 is 0 Å². The normalized spacial score (nSPS) is 10.0. The van der Waals surface area contributed by atoms with E-state index in [9.17, 15) is 4.79 Å². The fourth-order valence-electron chi connectivity index (χ4n) is 1.31. The first-order valence-corrected chi connectivity index (χ1v) is 4.61. The first-order chi connectivity index (χ1) is 6.15. The summed E-state index contributed by atoms with van der Waals surface area (Å²) in [6, 6.07) is 5.66. The van der Waals surface area contributed by atoms with Crippen molar-refractivity contribution in [3.05, 3.63) is 29.3 Å². The Morgan fingerprint density at radius 2 is 2.23 bits per heavy atom. The van der Waals surface area contributed by atoms with E-state index in [2.05, 4.69) is 12.6 Å². The van der Waals surface area contributed by atoms with Crippen molar-refractivity contribution in [2.24, 2.45) is 0 Å². The Hall–Kier alpha value is -0.960. The standard InChI is InChI=1S/C10H12O2S/c1-2-7-4-3-5-9(13)8(7)6-10(11)12/h3-5,13H,2,6H2,1H3,(H,11,12). The second-order valence-electron chi connectivity index (χ2n) is 2.84. The summed E-state index contributed by atoms with van der Waals surface area (Å²) in [5.74, 6) is -0.809. The van der Waals surface area contributed by atoms with Gasteiger partial charge >= 0.3 is 5.97 Å². The zero-order valence-electron chi connectivity index (χ0n) is 7.45. The molecule has 1 N–H and O–H groups in total. The molecule has 2 nitrogen and oxygen atoms in total. The lowest BCUT2D eigenvalue weighted by Gasteiger charge is -2.07. The molecule has 3 heteroatoms. The first-order valence-electron chi connectivity index (χ1n) is 4.16. The maximum atomic E-state index is 10.6. The topological polar surface area (TPSA) is 37.3 Å². The van der Waals surface area contributed by atoms with Gasteiger partial charge in [0.15, 0.2) is 0 Å². The lowest BCUT2D eigenvalue weighted by Crippen LogP contribution is -2.04. The number of carbonyl (C=O) groups is 1. The van der Waals surface area contributed by atoms with Crippen LogP contribution in [0.2, 0.25) is 0 Å². The molecular formula is C10H12O2S. The number of aryl methyl sites for hydroxylation is 1. The Bertz CT molecular complexity index is 321. The molecule has 0 aliphatic heterocycles. The van der Waals surface area contributed by atoms with Crippen LogP contribution >= 0.6 is 12.6 Å². The van der Waals surface area contributed by atoms with Crippen LogP contribution in [0.15, 0.2) is 23.1 Å². The fraction of sp³-hybridized carbons (Fsp3) is 0.300. The van der Waals surface area contributed by atoms with E-state index in [1.807, 2.05) is 25.1 Å². The number of hydrogen-bond acceptors (Lipinski definition) is 2. The van der Waals surface area contributed by atoms with Crippen molar-refractivity contribution in [1.29, 1.82) is 0 Å². The molecule has 0 aliphatic rings. The Balaban J connectivity index is 3.07. The lowest BCUT2D eigenvalue weighted by molar-refractivity contribution is -0.136. The quantitative estimate of drug-likeness (QED) is 0.727. The third-order valence-corrected chi connectivity index (χ3v) is 2.38. The van der Waals surface area contributed by atoms with E-state index in [1.54, 1.807) is 0 Å². The van der Waals surface area contributed by atoms with E-state index in [4.69, 9.17) is 5.11 Å². The first kappa shape index (κ1) is 10.1. The Morgan fingerprint density at radius 1 is 1.54 bits per heavy atom. The second-order valence-corrected chi connectivity index (χ2v) is 3.32. The van der Waals surface area contributed by atoms with Crippen LogP contribution in [0.25, 0.3) is 0 Å². The van der Waals surface area contributed by atoms with Gasteiger partial charge in [-0.05, 0) is 23.6 Å². The molecule has 1 rings (SSSR count). The molecule has 0 spiro atoms. The predicted octanol–water partition coefficient (Wildman–Crippen LogP) is 2.16. The molecule has 70 valence electrons. The monoisotopic (exact) mass is 196 g/mol. The molecule has 0 saturated heterocycles. The molecule has 0 bridgehead atoms. The van der Waals surface area contributed by atoms with Crippen LogP contribution in [0.4, 0.5) is 0 Å². The lowest BCUT2D eigenvalue weighted by atomic mass is 10.0. The van der Waals surface area contributed by atoms with Gasteiger partial charge in [-0.3, -0.25) is 4.79 Å². The molecular weight excluding hydrogens is 184 g/mol. The molecule has 0 heterocycles. The third-order valence-electron chi connectivity index (χ3n) is 1.96. The van der Waals surface area contributed by atoms with Crippen LogP contribution in [0.5, 0.6) is 0 Å². The summed E-state index contributed by atoms with van der Waals surface area (Å²) in [4.78, 5) is 11.3. The fourth-order valence-corrected chi connectivity index (χ4v) is 1.62. The molecule has 0 atom stereocenters. The highest BCUT2D eigenvalue weighted by Crippen LogP contribution is 2.19. The summed E-state index contributed by atoms with van der Waals surface area (Å²) < 4.78 is 0. The Labute approximate surface area is 83.0 Å². The van der Waals surface area contributed by atoms with Crippen LogP contribution in [-0.4, -0.2) is 11.1 Å². The van der Waals surface area contributed by atoms with Crippen LogP contribution in [-0.2, 0) is 17.6 Å². The van der Waals surface area contributed by atoms with Crippen molar-refractivity contribution < 1.29 is 9.90 Å². The van der Waals surface area contributed by atoms with Gasteiger partial charge in [0.2, 0.25) is 0 Å². The highest BCUT2D eigenvalue weighted by atomic mass is 32.1. The molecule has 1 aromatic rings. The highest BCUT2D eigenvalue weighted by Gasteiger charge is 2.08. The average molecular weight is 196 g/mol. The van der Waals surface area contributed by atoms with E-state index in [0.29, 0.717) is 0 Å². The largest absolute Gasteiger partial charge is 0.481 e. The van der Waals surface area contributed by atoms with Crippen LogP contribution in [0.3, 0.4) is 0 Å². The van der Waals surface area contributed by atoms with Crippen molar-refractivity contribution in [3.63, 3.8) is 0 Å². The molecule has 0 radical (unpaired) electrons. The van der Waals surface area contributed by atoms with Gasteiger partial charge in [-0.2, -0.15) is 0 Å². The van der Waals surface area contributed by atoms with E-state index in [0.717, 1.165) is 22.4 Å². The number of carboxylic acid groups (broad SMARTS) is 1. The number of hydrogen-bond donors (Lipinski definition) is 2. The number of thiol groups is 1. The van der Waals surface area contributed by atoms with E-state index in [1.165, 1.54) is 0 Å².